The van der Waals surface area contributed by atoms with E-state index in [1.165, 1.54) is 10.8 Å². The fraction of sp³-hybridized carbons (Fsp3) is 0.538. The van der Waals surface area contributed by atoms with E-state index < -0.39 is 9.28 Å². The fourth-order valence-corrected chi connectivity index (χ4v) is 3.31. The molecule has 95 valence electrons. The van der Waals surface area contributed by atoms with Crippen molar-refractivity contribution in [3.63, 3.8) is 0 Å². The molecule has 1 radical (unpaired) electrons. The Morgan fingerprint density at radius 3 is 2.35 bits per heavy atom. The van der Waals surface area contributed by atoms with Crippen LogP contribution in [0.4, 0.5) is 0 Å². The van der Waals surface area contributed by atoms with E-state index >= 15 is 0 Å². The molecule has 0 fully saturated rings. The summed E-state index contributed by atoms with van der Waals surface area (Å²) < 4.78 is 11.5. The topological polar surface area (TPSA) is 44.5 Å². The van der Waals surface area contributed by atoms with E-state index in [0.29, 0.717) is 13.2 Å². The smallest absolute Gasteiger partial charge is 0.390 e. The Labute approximate surface area is 106 Å². The highest BCUT2D eigenvalue weighted by Crippen LogP contribution is 2.04. The largest absolute Gasteiger partial charge is 0.423 e. The van der Waals surface area contributed by atoms with Gasteiger partial charge in [0.2, 0.25) is 0 Å². The molecule has 0 aliphatic carbocycles. The minimum atomic E-state index is -1.32. The third-order valence-corrected chi connectivity index (χ3v) is 4.47. The molecule has 0 bridgehead atoms. The Morgan fingerprint density at radius 2 is 1.76 bits per heavy atom. The summed E-state index contributed by atoms with van der Waals surface area (Å²) in [5, 5.41) is 1.23. The van der Waals surface area contributed by atoms with Crippen LogP contribution < -0.4 is 10.9 Å². The number of hydrogen-bond donors (Lipinski definition) is 1. The van der Waals surface area contributed by atoms with Crippen molar-refractivity contribution in [2.75, 3.05) is 19.8 Å². The molecule has 0 unspecified atom stereocenters. The van der Waals surface area contributed by atoms with Crippen LogP contribution >= 0.6 is 0 Å². The minimum Gasteiger partial charge on any atom is -0.390 e. The van der Waals surface area contributed by atoms with Gasteiger partial charge >= 0.3 is 9.28 Å². The second-order valence-electron chi connectivity index (χ2n) is 3.70. The third kappa shape index (κ3) is 4.59. The molecular weight excluding hydrogens is 230 g/mol. The molecule has 0 saturated heterocycles. The van der Waals surface area contributed by atoms with Gasteiger partial charge < -0.3 is 14.6 Å². The normalized spacial score (nSPS) is 11.1. The molecule has 0 atom stereocenters. The van der Waals surface area contributed by atoms with Gasteiger partial charge in [-0.2, -0.15) is 0 Å². The summed E-state index contributed by atoms with van der Waals surface area (Å²) >= 11 is 0. The van der Waals surface area contributed by atoms with E-state index in [9.17, 15) is 0 Å². The van der Waals surface area contributed by atoms with Crippen LogP contribution in [0.3, 0.4) is 0 Å². The molecule has 17 heavy (non-hydrogen) atoms. The molecule has 1 rings (SSSR count). The summed E-state index contributed by atoms with van der Waals surface area (Å²) in [5.41, 5.74) is 6.88. The minimum absolute atomic E-state index is 0.694. The maximum absolute atomic E-state index is 5.74. The van der Waals surface area contributed by atoms with Crippen LogP contribution in [0.5, 0.6) is 0 Å². The third-order valence-electron chi connectivity index (χ3n) is 2.44. The molecule has 1 aromatic carbocycles. The summed E-state index contributed by atoms with van der Waals surface area (Å²) in [6, 6.07) is 8.37. The SMILES string of the molecule is CCO[Si](OCC)c1ccccc1CCCN. The highest BCUT2D eigenvalue weighted by atomic mass is 28.3. The van der Waals surface area contributed by atoms with E-state index in [-0.39, 0.29) is 0 Å². The first-order valence-electron chi connectivity index (χ1n) is 6.24. The monoisotopic (exact) mass is 252 g/mol. The Bertz CT molecular complexity index is 314. The zero-order valence-electron chi connectivity index (χ0n) is 10.7. The highest BCUT2D eigenvalue weighted by Gasteiger charge is 2.20. The van der Waals surface area contributed by atoms with E-state index in [4.69, 9.17) is 14.6 Å². The maximum Gasteiger partial charge on any atom is 0.423 e. The van der Waals surface area contributed by atoms with Crippen LogP contribution in [0, 0.1) is 0 Å². The molecule has 0 spiro atoms. The molecular formula is C13H22NO2Si. The molecule has 0 aromatic heterocycles. The van der Waals surface area contributed by atoms with Gasteiger partial charge in [-0.25, -0.2) is 0 Å². The highest BCUT2D eigenvalue weighted by molar-refractivity contribution is 6.61. The van der Waals surface area contributed by atoms with Crippen molar-refractivity contribution < 1.29 is 8.85 Å². The first-order chi connectivity index (χ1) is 8.33. The lowest BCUT2D eigenvalue weighted by Crippen LogP contribution is -2.39. The van der Waals surface area contributed by atoms with E-state index in [2.05, 4.69) is 18.2 Å². The van der Waals surface area contributed by atoms with E-state index in [1.807, 2.05) is 19.9 Å². The van der Waals surface area contributed by atoms with Crippen molar-refractivity contribution in [1.82, 2.24) is 0 Å². The Kier molecular flexibility index (Phi) is 7.12. The van der Waals surface area contributed by atoms with Gasteiger partial charge in [0.25, 0.3) is 0 Å². The average molecular weight is 252 g/mol. The zero-order chi connectivity index (χ0) is 12.5. The second-order valence-corrected chi connectivity index (χ2v) is 5.39. The molecule has 4 heteroatoms. The predicted molar refractivity (Wildman–Crippen MR) is 72.5 cm³/mol. The summed E-state index contributed by atoms with van der Waals surface area (Å²) in [6.07, 6.45) is 2.01. The van der Waals surface area contributed by atoms with Crippen LogP contribution in [-0.4, -0.2) is 29.0 Å². The average Bonchev–Trinajstić information content (AvgIpc) is 2.36. The van der Waals surface area contributed by atoms with Gasteiger partial charge in [-0.1, -0.05) is 24.3 Å². The van der Waals surface area contributed by atoms with Gasteiger partial charge in [0.05, 0.1) is 0 Å². The first-order valence-corrected chi connectivity index (χ1v) is 7.56. The number of aryl methyl sites for hydroxylation is 1. The lowest BCUT2D eigenvalue weighted by atomic mass is 10.1. The molecule has 1 aromatic rings. The van der Waals surface area contributed by atoms with Crippen LogP contribution in [0.2, 0.25) is 0 Å². The summed E-state index contributed by atoms with van der Waals surface area (Å²) in [7, 11) is -1.32. The van der Waals surface area contributed by atoms with E-state index in [1.54, 1.807) is 0 Å². The zero-order valence-corrected chi connectivity index (χ0v) is 11.7. The Morgan fingerprint density at radius 1 is 1.12 bits per heavy atom. The van der Waals surface area contributed by atoms with Gasteiger partial charge in [0, 0.05) is 13.2 Å². The molecule has 3 nitrogen and oxygen atoms in total. The van der Waals surface area contributed by atoms with Gasteiger partial charge in [-0.15, -0.1) is 0 Å². The Hall–Kier alpha value is -0.683. The van der Waals surface area contributed by atoms with Crippen LogP contribution in [0.15, 0.2) is 24.3 Å². The van der Waals surface area contributed by atoms with Crippen LogP contribution in [-0.2, 0) is 15.3 Å². The van der Waals surface area contributed by atoms with Gasteiger partial charge in [0.1, 0.15) is 0 Å². The van der Waals surface area contributed by atoms with Crippen molar-refractivity contribution in [2.24, 2.45) is 5.73 Å². The van der Waals surface area contributed by atoms with E-state index in [0.717, 1.165) is 19.4 Å². The number of benzene rings is 1. The van der Waals surface area contributed by atoms with Gasteiger partial charge in [-0.3, -0.25) is 0 Å². The van der Waals surface area contributed by atoms with Gasteiger partial charge in [-0.05, 0) is 44.0 Å². The number of nitrogens with two attached hydrogens (primary N) is 1. The van der Waals surface area contributed by atoms with Crippen molar-refractivity contribution in [3.05, 3.63) is 29.8 Å². The summed E-state index contributed by atoms with van der Waals surface area (Å²) in [4.78, 5) is 0. The van der Waals surface area contributed by atoms with Crippen molar-refractivity contribution in [3.8, 4) is 0 Å². The Balaban J connectivity index is 2.83. The van der Waals surface area contributed by atoms with Gasteiger partial charge in [0.15, 0.2) is 0 Å². The molecule has 0 aliphatic heterocycles. The van der Waals surface area contributed by atoms with Crippen molar-refractivity contribution in [2.45, 2.75) is 26.7 Å². The fourth-order valence-electron chi connectivity index (χ4n) is 1.69. The second kappa shape index (κ2) is 8.41. The quantitative estimate of drug-likeness (QED) is 0.710. The predicted octanol–water partition coefficient (Wildman–Crippen LogP) is 1.35. The maximum atomic E-state index is 5.74. The summed E-state index contributed by atoms with van der Waals surface area (Å²) in [6.45, 7) is 6.12. The van der Waals surface area contributed by atoms with Crippen LogP contribution in [0.25, 0.3) is 0 Å². The molecule has 0 heterocycles. The van der Waals surface area contributed by atoms with Crippen molar-refractivity contribution >= 4 is 14.5 Å². The lowest BCUT2D eigenvalue weighted by molar-refractivity contribution is 0.225. The number of hydrogen-bond acceptors (Lipinski definition) is 3. The van der Waals surface area contributed by atoms with Crippen LogP contribution in [0.1, 0.15) is 25.8 Å². The molecule has 0 saturated carbocycles. The lowest BCUT2D eigenvalue weighted by Gasteiger charge is -2.16. The molecule has 0 amide bonds. The van der Waals surface area contributed by atoms with Crippen molar-refractivity contribution in [1.29, 1.82) is 0 Å². The standard InChI is InChI=1S/C13H22NO2Si/c1-3-15-17(16-4-2)13-10-6-5-8-12(13)9-7-11-14/h5-6,8,10H,3-4,7,9,11,14H2,1-2H3. The molecule has 2 N–H and O–H groups in total. The first kappa shape index (κ1) is 14.4. The summed E-state index contributed by atoms with van der Waals surface area (Å²) in [5.74, 6) is 0. The number of rotatable bonds is 8. The molecule has 0 aliphatic rings.